The molecule has 0 radical (unpaired) electrons. The van der Waals surface area contributed by atoms with Crippen molar-refractivity contribution < 1.29 is 13.5 Å². The topological polar surface area (TPSA) is 53.1 Å². The number of halogens is 2. The van der Waals surface area contributed by atoms with Gasteiger partial charge in [0.1, 0.15) is 11.3 Å². The molecule has 0 saturated carbocycles. The van der Waals surface area contributed by atoms with E-state index in [-0.39, 0.29) is 11.5 Å². The highest BCUT2D eigenvalue weighted by atomic mass is 19.1. The summed E-state index contributed by atoms with van der Waals surface area (Å²) in [5, 5.41) is 0. The molecule has 1 aliphatic heterocycles. The Kier molecular flexibility index (Phi) is 3.10. The normalized spacial score (nSPS) is 17.2. The number of fused-ring (bicyclic) bond motifs is 1. The quantitative estimate of drug-likeness (QED) is 0.908. The Bertz CT molecular complexity index is 605. The third kappa shape index (κ3) is 2.28. The Morgan fingerprint density at radius 3 is 2.79 bits per heavy atom. The predicted molar refractivity (Wildman–Crippen MR) is 67.6 cm³/mol. The number of nitrogens with two attached hydrogens (primary N) is 1. The molecule has 0 spiro atoms. The van der Waals surface area contributed by atoms with E-state index in [9.17, 15) is 8.78 Å². The molecule has 1 fully saturated rings. The van der Waals surface area contributed by atoms with Crippen molar-refractivity contribution in [2.75, 3.05) is 18.9 Å². The van der Waals surface area contributed by atoms with E-state index >= 15 is 0 Å². The van der Waals surface area contributed by atoms with Crippen LogP contribution in [0.5, 0.6) is 0 Å². The third-order valence-electron chi connectivity index (χ3n) is 3.58. The summed E-state index contributed by atoms with van der Waals surface area (Å²) >= 11 is 0. The van der Waals surface area contributed by atoms with E-state index in [4.69, 9.17) is 10.5 Å². The number of anilines is 1. The van der Waals surface area contributed by atoms with E-state index in [1.165, 1.54) is 6.07 Å². The molecule has 1 aliphatic rings. The van der Waals surface area contributed by atoms with E-state index in [1.807, 2.05) is 0 Å². The molecule has 0 aliphatic carbocycles. The summed E-state index contributed by atoms with van der Waals surface area (Å²) in [6.07, 6.45) is 1.85. The van der Waals surface area contributed by atoms with Gasteiger partial charge in [0, 0.05) is 31.9 Å². The van der Waals surface area contributed by atoms with Crippen molar-refractivity contribution in [3.8, 4) is 0 Å². The first-order valence-electron chi connectivity index (χ1n) is 6.33. The molecular weight excluding hydrogens is 252 g/mol. The van der Waals surface area contributed by atoms with Gasteiger partial charge in [0.05, 0.1) is 5.52 Å². The number of ether oxygens (including phenoxy) is 1. The maximum Gasteiger partial charge on any atom is 0.201 e. The molecule has 0 unspecified atom stereocenters. The number of aromatic nitrogens is 2. The van der Waals surface area contributed by atoms with E-state index in [0.29, 0.717) is 18.0 Å². The lowest BCUT2D eigenvalue weighted by molar-refractivity contribution is 0.0617. The Balaban J connectivity index is 1.99. The van der Waals surface area contributed by atoms with Crippen LogP contribution in [0.1, 0.15) is 12.8 Å². The number of hydrogen-bond donors (Lipinski definition) is 1. The largest absolute Gasteiger partial charge is 0.381 e. The minimum absolute atomic E-state index is 0.131. The first-order chi connectivity index (χ1) is 9.15. The van der Waals surface area contributed by atoms with Crippen LogP contribution in [-0.2, 0) is 11.3 Å². The van der Waals surface area contributed by atoms with Crippen LogP contribution in [0, 0.1) is 17.6 Å². The van der Waals surface area contributed by atoms with Crippen LogP contribution in [0.15, 0.2) is 12.1 Å². The highest BCUT2D eigenvalue weighted by molar-refractivity contribution is 5.79. The second kappa shape index (κ2) is 4.77. The van der Waals surface area contributed by atoms with Crippen molar-refractivity contribution in [1.82, 2.24) is 9.55 Å². The number of nitrogens with zero attached hydrogens (tertiary/aromatic N) is 2. The summed E-state index contributed by atoms with van der Waals surface area (Å²) in [6.45, 7) is 2.06. The standard InChI is InChI=1S/C13H15F2N3O/c14-9-5-10(15)12-11(6-9)18(13(16)17-12)7-8-1-3-19-4-2-8/h5-6,8H,1-4,7H2,(H2,16,17). The minimum Gasteiger partial charge on any atom is -0.381 e. The summed E-state index contributed by atoms with van der Waals surface area (Å²) in [7, 11) is 0. The lowest BCUT2D eigenvalue weighted by atomic mass is 10.0. The maximum absolute atomic E-state index is 13.6. The molecule has 1 aromatic carbocycles. The summed E-state index contributed by atoms with van der Waals surface area (Å²) < 4.78 is 33.9. The average molecular weight is 267 g/mol. The van der Waals surface area contributed by atoms with Crippen molar-refractivity contribution in [1.29, 1.82) is 0 Å². The molecule has 1 saturated heterocycles. The number of rotatable bonds is 2. The van der Waals surface area contributed by atoms with Crippen LogP contribution in [0.25, 0.3) is 11.0 Å². The Morgan fingerprint density at radius 1 is 1.32 bits per heavy atom. The molecule has 19 heavy (non-hydrogen) atoms. The summed E-state index contributed by atoms with van der Waals surface area (Å²) in [5.74, 6) is -0.656. The van der Waals surface area contributed by atoms with Crippen LogP contribution >= 0.6 is 0 Å². The number of benzene rings is 1. The van der Waals surface area contributed by atoms with Crippen molar-refractivity contribution >= 4 is 17.0 Å². The van der Waals surface area contributed by atoms with Gasteiger partial charge in [-0.05, 0) is 18.8 Å². The molecule has 0 amide bonds. The maximum atomic E-state index is 13.6. The fourth-order valence-corrected chi connectivity index (χ4v) is 2.55. The Morgan fingerprint density at radius 2 is 2.05 bits per heavy atom. The number of hydrogen-bond acceptors (Lipinski definition) is 3. The van der Waals surface area contributed by atoms with Crippen molar-refractivity contribution in [3.63, 3.8) is 0 Å². The van der Waals surface area contributed by atoms with E-state index < -0.39 is 11.6 Å². The summed E-state index contributed by atoms with van der Waals surface area (Å²) in [4.78, 5) is 3.99. The van der Waals surface area contributed by atoms with Gasteiger partial charge < -0.3 is 15.0 Å². The second-order valence-electron chi connectivity index (χ2n) is 4.89. The average Bonchev–Trinajstić information content (AvgIpc) is 2.69. The van der Waals surface area contributed by atoms with E-state index in [2.05, 4.69) is 4.98 Å². The SMILES string of the molecule is Nc1nc2c(F)cc(F)cc2n1CC1CCOCC1. The van der Waals surface area contributed by atoms with Crippen LogP contribution < -0.4 is 5.73 Å². The second-order valence-corrected chi connectivity index (χ2v) is 4.89. The fourth-order valence-electron chi connectivity index (χ4n) is 2.55. The fraction of sp³-hybridized carbons (Fsp3) is 0.462. The van der Waals surface area contributed by atoms with Gasteiger partial charge in [0.15, 0.2) is 5.82 Å². The van der Waals surface area contributed by atoms with Gasteiger partial charge in [-0.15, -0.1) is 0 Å². The van der Waals surface area contributed by atoms with Gasteiger partial charge in [-0.3, -0.25) is 0 Å². The highest BCUT2D eigenvalue weighted by Gasteiger charge is 2.19. The predicted octanol–water partition coefficient (Wildman–Crippen LogP) is 2.32. The summed E-state index contributed by atoms with van der Waals surface area (Å²) in [6, 6.07) is 2.11. The van der Waals surface area contributed by atoms with Gasteiger partial charge in [-0.2, -0.15) is 0 Å². The number of nitrogen functional groups attached to an aromatic ring is 1. The van der Waals surface area contributed by atoms with Crippen molar-refractivity contribution in [2.45, 2.75) is 19.4 Å². The molecule has 3 rings (SSSR count). The number of imidazole rings is 1. The molecule has 4 nitrogen and oxygen atoms in total. The minimum atomic E-state index is -0.674. The van der Waals surface area contributed by atoms with E-state index in [0.717, 1.165) is 32.1 Å². The Labute approximate surface area is 109 Å². The van der Waals surface area contributed by atoms with Crippen LogP contribution in [0.4, 0.5) is 14.7 Å². The van der Waals surface area contributed by atoms with Gasteiger partial charge in [0.25, 0.3) is 0 Å². The van der Waals surface area contributed by atoms with Gasteiger partial charge in [-0.1, -0.05) is 0 Å². The van der Waals surface area contributed by atoms with E-state index in [1.54, 1.807) is 4.57 Å². The molecule has 6 heteroatoms. The van der Waals surface area contributed by atoms with Gasteiger partial charge in [-0.25, -0.2) is 13.8 Å². The lowest BCUT2D eigenvalue weighted by Gasteiger charge is -2.23. The molecule has 2 aromatic rings. The zero-order chi connectivity index (χ0) is 13.4. The van der Waals surface area contributed by atoms with Crippen LogP contribution in [0.3, 0.4) is 0 Å². The smallest absolute Gasteiger partial charge is 0.201 e. The molecule has 102 valence electrons. The highest BCUT2D eigenvalue weighted by Crippen LogP contribution is 2.25. The zero-order valence-corrected chi connectivity index (χ0v) is 10.4. The monoisotopic (exact) mass is 267 g/mol. The van der Waals surface area contributed by atoms with Gasteiger partial charge >= 0.3 is 0 Å². The summed E-state index contributed by atoms with van der Waals surface area (Å²) in [5.41, 5.74) is 6.37. The molecule has 1 aromatic heterocycles. The van der Waals surface area contributed by atoms with Crippen molar-refractivity contribution in [2.24, 2.45) is 5.92 Å². The molecule has 2 N–H and O–H groups in total. The molecule has 0 bridgehead atoms. The first kappa shape index (κ1) is 12.3. The van der Waals surface area contributed by atoms with Crippen LogP contribution in [-0.4, -0.2) is 22.8 Å². The van der Waals surface area contributed by atoms with Crippen LogP contribution in [0.2, 0.25) is 0 Å². The van der Waals surface area contributed by atoms with Crippen molar-refractivity contribution in [3.05, 3.63) is 23.8 Å². The molecular formula is C13H15F2N3O. The Hall–Kier alpha value is -1.69. The first-order valence-corrected chi connectivity index (χ1v) is 6.33. The molecule has 0 atom stereocenters. The third-order valence-corrected chi connectivity index (χ3v) is 3.58. The molecule has 2 heterocycles. The zero-order valence-electron chi connectivity index (χ0n) is 10.4. The van der Waals surface area contributed by atoms with Gasteiger partial charge in [0.2, 0.25) is 5.95 Å². The lowest BCUT2D eigenvalue weighted by Crippen LogP contribution is -2.21.